The predicted molar refractivity (Wildman–Crippen MR) is 74.7 cm³/mol. The second-order valence-corrected chi connectivity index (χ2v) is 5.67. The normalized spacial score (nSPS) is 18.6. The quantitative estimate of drug-likeness (QED) is 0.912. The van der Waals surface area contributed by atoms with Crippen molar-refractivity contribution in [3.05, 3.63) is 57.3 Å². The van der Waals surface area contributed by atoms with Crippen LogP contribution in [0.3, 0.4) is 0 Å². The smallest absolute Gasteiger partial charge is 0.0721 e. The molecule has 0 radical (unpaired) electrons. The van der Waals surface area contributed by atoms with Crippen molar-refractivity contribution in [2.45, 2.75) is 26.1 Å². The highest BCUT2D eigenvalue weighted by Gasteiger charge is 2.19. The Morgan fingerprint density at radius 1 is 1.33 bits per heavy atom. The Morgan fingerprint density at radius 3 is 3.06 bits per heavy atom. The minimum atomic E-state index is 0.316. The van der Waals surface area contributed by atoms with Crippen LogP contribution in [0.4, 0.5) is 0 Å². The topological polar surface area (TPSA) is 21.3 Å². The molecule has 94 valence electrons. The maximum atomic E-state index is 5.65. The van der Waals surface area contributed by atoms with E-state index >= 15 is 0 Å². The lowest BCUT2D eigenvalue weighted by Gasteiger charge is -2.26. The summed E-state index contributed by atoms with van der Waals surface area (Å²) in [5, 5.41) is 5.76. The van der Waals surface area contributed by atoms with E-state index in [0.29, 0.717) is 6.04 Å². The zero-order valence-corrected chi connectivity index (χ0v) is 11.3. The maximum absolute atomic E-state index is 5.65. The number of hydrogen-bond donors (Lipinski definition) is 1. The summed E-state index contributed by atoms with van der Waals surface area (Å²) in [6.07, 6.45) is 0. The molecule has 3 rings (SSSR count). The van der Waals surface area contributed by atoms with Crippen LogP contribution >= 0.6 is 11.3 Å². The van der Waals surface area contributed by atoms with E-state index < -0.39 is 0 Å². The van der Waals surface area contributed by atoms with E-state index in [1.54, 1.807) is 0 Å². The second-order valence-electron chi connectivity index (χ2n) is 4.67. The molecule has 2 nitrogen and oxygen atoms in total. The number of benzene rings is 1. The number of aryl methyl sites for hydroxylation is 1. The van der Waals surface area contributed by atoms with Crippen molar-refractivity contribution in [2.24, 2.45) is 0 Å². The molecule has 0 spiro atoms. The molecule has 0 amide bonds. The van der Waals surface area contributed by atoms with E-state index in [1.165, 1.54) is 21.6 Å². The van der Waals surface area contributed by atoms with Crippen molar-refractivity contribution in [1.29, 1.82) is 0 Å². The fraction of sp³-hybridized carbons (Fsp3) is 0.333. The van der Waals surface area contributed by atoms with E-state index in [4.69, 9.17) is 4.74 Å². The summed E-state index contributed by atoms with van der Waals surface area (Å²) in [5.41, 5.74) is 4.07. The largest absolute Gasteiger partial charge is 0.375 e. The van der Waals surface area contributed by atoms with Gasteiger partial charge in [-0.3, -0.25) is 0 Å². The minimum absolute atomic E-state index is 0.316. The first-order chi connectivity index (χ1) is 8.84. The fourth-order valence-electron chi connectivity index (χ4n) is 2.35. The van der Waals surface area contributed by atoms with Gasteiger partial charge in [0.15, 0.2) is 0 Å². The van der Waals surface area contributed by atoms with Crippen molar-refractivity contribution in [1.82, 2.24) is 5.32 Å². The molecule has 2 heterocycles. The van der Waals surface area contributed by atoms with Gasteiger partial charge in [-0.2, -0.15) is 0 Å². The van der Waals surface area contributed by atoms with Crippen molar-refractivity contribution in [3.63, 3.8) is 0 Å². The Bertz CT molecular complexity index is 535. The summed E-state index contributed by atoms with van der Waals surface area (Å²) in [6, 6.07) is 11.0. The monoisotopic (exact) mass is 259 g/mol. The van der Waals surface area contributed by atoms with Crippen molar-refractivity contribution >= 4 is 11.3 Å². The van der Waals surface area contributed by atoms with E-state index in [2.05, 4.69) is 48.0 Å². The molecule has 1 aliphatic heterocycles. The van der Waals surface area contributed by atoms with Gasteiger partial charge in [-0.05, 0) is 35.1 Å². The molecule has 0 aliphatic carbocycles. The highest BCUT2D eigenvalue weighted by molar-refractivity contribution is 7.10. The van der Waals surface area contributed by atoms with Crippen LogP contribution in [0.1, 0.15) is 27.6 Å². The second kappa shape index (κ2) is 5.22. The van der Waals surface area contributed by atoms with Crippen LogP contribution in [0.2, 0.25) is 0 Å². The lowest BCUT2D eigenvalue weighted by molar-refractivity contribution is 0.0817. The third-order valence-electron chi connectivity index (χ3n) is 3.45. The molecular weight excluding hydrogens is 242 g/mol. The number of rotatable bonds is 3. The highest BCUT2D eigenvalue weighted by Crippen LogP contribution is 2.25. The Labute approximate surface area is 112 Å². The molecule has 18 heavy (non-hydrogen) atoms. The average molecular weight is 259 g/mol. The van der Waals surface area contributed by atoms with Gasteiger partial charge in [0.25, 0.3) is 0 Å². The molecule has 1 aromatic carbocycles. The zero-order chi connectivity index (χ0) is 12.4. The highest BCUT2D eigenvalue weighted by atomic mass is 32.1. The first-order valence-electron chi connectivity index (χ1n) is 6.26. The lowest BCUT2D eigenvalue weighted by atomic mass is 9.99. The first-order valence-corrected chi connectivity index (χ1v) is 7.14. The van der Waals surface area contributed by atoms with Gasteiger partial charge >= 0.3 is 0 Å². The standard InChI is InChI=1S/C15H17NOS/c1-11-6-7-18-15(11)8-16-14-10-17-9-12-4-2-3-5-13(12)14/h2-7,14,16H,8-10H2,1H3. The first kappa shape index (κ1) is 11.9. The molecule has 1 N–H and O–H groups in total. The van der Waals surface area contributed by atoms with E-state index in [0.717, 1.165) is 19.8 Å². The van der Waals surface area contributed by atoms with Crippen LogP contribution in [0, 0.1) is 6.92 Å². The van der Waals surface area contributed by atoms with Crippen LogP contribution in [0.15, 0.2) is 35.7 Å². The van der Waals surface area contributed by atoms with Crippen LogP contribution in [-0.4, -0.2) is 6.61 Å². The molecule has 1 atom stereocenters. The number of nitrogens with one attached hydrogen (secondary N) is 1. The van der Waals surface area contributed by atoms with Gasteiger partial charge in [0.05, 0.1) is 19.3 Å². The molecule has 0 bridgehead atoms. The Balaban J connectivity index is 1.73. The Morgan fingerprint density at radius 2 is 2.22 bits per heavy atom. The van der Waals surface area contributed by atoms with Crippen LogP contribution in [0.25, 0.3) is 0 Å². The number of thiophene rings is 1. The Hall–Kier alpha value is -1.16. The van der Waals surface area contributed by atoms with Gasteiger partial charge in [0, 0.05) is 11.4 Å². The number of ether oxygens (including phenoxy) is 1. The SMILES string of the molecule is Cc1ccsc1CNC1COCc2ccccc21. The summed E-state index contributed by atoms with van der Waals surface area (Å²) < 4.78 is 5.65. The molecule has 1 unspecified atom stereocenters. The number of fused-ring (bicyclic) bond motifs is 1. The van der Waals surface area contributed by atoms with Crippen molar-refractivity contribution in [2.75, 3.05) is 6.61 Å². The van der Waals surface area contributed by atoms with Gasteiger partial charge < -0.3 is 10.1 Å². The molecule has 1 aromatic heterocycles. The summed E-state index contributed by atoms with van der Waals surface area (Å²) in [4.78, 5) is 1.41. The molecule has 3 heteroatoms. The molecule has 1 aliphatic rings. The molecule has 0 fully saturated rings. The van der Waals surface area contributed by atoms with Gasteiger partial charge in [0.2, 0.25) is 0 Å². The molecule has 2 aromatic rings. The van der Waals surface area contributed by atoms with Crippen molar-refractivity contribution < 1.29 is 4.74 Å². The van der Waals surface area contributed by atoms with Gasteiger partial charge in [-0.25, -0.2) is 0 Å². The molecule has 0 saturated heterocycles. The fourth-order valence-corrected chi connectivity index (χ4v) is 3.21. The lowest BCUT2D eigenvalue weighted by Crippen LogP contribution is -2.29. The van der Waals surface area contributed by atoms with E-state index in [9.17, 15) is 0 Å². The minimum Gasteiger partial charge on any atom is -0.375 e. The summed E-state index contributed by atoms with van der Waals surface area (Å²) in [6.45, 7) is 4.60. The zero-order valence-electron chi connectivity index (χ0n) is 10.5. The third-order valence-corrected chi connectivity index (χ3v) is 4.47. The number of hydrogen-bond acceptors (Lipinski definition) is 3. The molecular formula is C15H17NOS. The van der Waals surface area contributed by atoms with Gasteiger partial charge in [-0.1, -0.05) is 24.3 Å². The summed E-state index contributed by atoms with van der Waals surface area (Å²) in [7, 11) is 0. The predicted octanol–water partition coefficient (Wildman–Crippen LogP) is 3.42. The van der Waals surface area contributed by atoms with Crippen LogP contribution < -0.4 is 5.32 Å². The average Bonchev–Trinajstić information content (AvgIpc) is 2.82. The van der Waals surface area contributed by atoms with Gasteiger partial charge in [-0.15, -0.1) is 11.3 Å². The maximum Gasteiger partial charge on any atom is 0.0721 e. The van der Waals surface area contributed by atoms with Crippen LogP contribution in [0.5, 0.6) is 0 Å². The summed E-state index contributed by atoms with van der Waals surface area (Å²) >= 11 is 1.82. The van der Waals surface area contributed by atoms with E-state index in [-0.39, 0.29) is 0 Å². The van der Waals surface area contributed by atoms with E-state index in [1.807, 2.05) is 11.3 Å². The van der Waals surface area contributed by atoms with Gasteiger partial charge in [0.1, 0.15) is 0 Å². The van der Waals surface area contributed by atoms with Crippen LogP contribution in [-0.2, 0) is 17.9 Å². The Kier molecular flexibility index (Phi) is 3.46. The third kappa shape index (κ3) is 2.34. The van der Waals surface area contributed by atoms with Crippen molar-refractivity contribution in [3.8, 4) is 0 Å². The molecule has 0 saturated carbocycles. The summed E-state index contributed by atoms with van der Waals surface area (Å²) in [5.74, 6) is 0.